The number of carboxylic acid groups (broad SMARTS) is 1. The Morgan fingerprint density at radius 1 is 1.43 bits per heavy atom. The Labute approximate surface area is 185 Å². The lowest BCUT2D eigenvalue weighted by molar-refractivity contribution is -0.145. The number of carboxylic acids is 1. The zero-order chi connectivity index (χ0) is 22.4. The van der Waals surface area contributed by atoms with Crippen LogP contribution in [0.2, 0.25) is 5.02 Å². The molecule has 1 aliphatic heterocycles. The average molecular weight is 505 g/mol. The fraction of sp³-hybridized carbons (Fsp3) is 0.474. The van der Waals surface area contributed by atoms with Gasteiger partial charge in [0, 0.05) is 16.9 Å². The lowest BCUT2D eigenvalue weighted by Gasteiger charge is -2.28. The molecule has 2 aromatic rings. The number of ketones is 1. The van der Waals surface area contributed by atoms with Crippen molar-refractivity contribution in [2.24, 2.45) is 0 Å². The van der Waals surface area contributed by atoms with E-state index in [0.717, 1.165) is 13.0 Å². The summed E-state index contributed by atoms with van der Waals surface area (Å²) in [5.41, 5.74) is 0.212. The maximum absolute atomic E-state index is 12.5. The molecule has 2 heterocycles. The van der Waals surface area contributed by atoms with Gasteiger partial charge in [-0.3, -0.25) is 14.2 Å². The van der Waals surface area contributed by atoms with Crippen molar-refractivity contribution in [2.45, 2.75) is 51.0 Å². The minimum atomic E-state index is -1.23. The molecule has 0 saturated carbocycles. The number of aromatic nitrogens is 2. The highest BCUT2D eigenvalue weighted by Crippen LogP contribution is 2.25. The Hall–Kier alpha value is -1.85. The molecule has 11 heteroatoms. The minimum Gasteiger partial charge on any atom is -0.479 e. The van der Waals surface area contributed by atoms with Gasteiger partial charge in [0.2, 0.25) is 0 Å². The van der Waals surface area contributed by atoms with Gasteiger partial charge in [-0.05, 0) is 54.4 Å². The summed E-state index contributed by atoms with van der Waals surface area (Å²) in [7, 11) is 0. The largest absolute Gasteiger partial charge is 0.479 e. The first kappa shape index (κ1) is 24.4. The Bertz CT molecular complexity index is 981. The standard InChI is InChI=1S/C16H17BrClN3O3.C3H6O3/c17-11-6-13-10(5-12(11)18)16(24)21(8-20-13)7-9(22)4-14-15(23)2-1-3-19-14;1-2(4)3(5)6/h5-6,8,14-15,19,23H,1-4,7H2;2,4H,1H3,(H,5,6). The van der Waals surface area contributed by atoms with E-state index in [2.05, 4.69) is 26.2 Å². The van der Waals surface area contributed by atoms with Crippen LogP contribution in [-0.2, 0) is 16.1 Å². The van der Waals surface area contributed by atoms with Gasteiger partial charge in [-0.25, -0.2) is 9.78 Å². The van der Waals surface area contributed by atoms with Crippen LogP contribution in [0.25, 0.3) is 10.9 Å². The molecular weight excluding hydrogens is 482 g/mol. The molecule has 164 valence electrons. The third-order valence-corrected chi connectivity index (χ3v) is 5.76. The van der Waals surface area contributed by atoms with Crippen LogP contribution < -0.4 is 10.9 Å². The second kappa shape index (κ2) is 11.0. The van der Waals surface area contributed by atoms with Crippen molar-refractivity contribution in [1.29, 1.82) is 0 Å². The Balaban J connectivity index is 0.000000469. The van der Waals surface area contributed by atoms with E-state index in [9.17, 15) is 19.5 Å². The van der Waals surface area contributed by atoms with Crippen molar-refractivity contribution in [3.8, 4) is 0 Å². The summed E-state index contributed by atoms with van der Waals surface area (Å²) in [6.07, 6.45) is 1.39. The highest BCUT2D eigenvalue weighted by molar-refractivity contribution is 9.10. The lowest BCUT2D eigenvalue weighted by Crippen LogP contribution is -2.46. The molecule has 3 rings (SSSR count). The van der Waals surface area contributed by atoms with Crippen LogP contribution in [0, 0.1) is 0 Å². The van der Waals surface area contributed by atoms with Crippen molar-refractivity contribution in [3.05, 3.63) is 38.3 Å². The molecule has 0 amide bonds. The number of halogens is 2. The molecule has 1 aromatic heterocycles. The molecule has 0 spiro atoms. The van der Waals surface area contributed by atoms with Crippen LogP contribution in [0.15, 0.2) is 27.7 Å². The van der Waals surface area contributed by atoms with E-state index in [0.29, 0.717) is 26.8 Å². The summed E-state index contributed by atoms with van der Waals surface area (Å²) in [5.74, 6) is -1.31. The topological polar surface area (TPSA) is 142 Å². The number of fused-ring (bicyclic) bond motifs is 1. The van der Waals surface area contributed by atoms with E-state index in [1.807, 2.05) is 0 Å². The number of rotatable bonds is 5. The van der Waals surface area contributed by atoms with Crippen LogP contribution in [-0.4, -0.2) is 61.4 Å². The average Bonchev–Trinajstić information content (AvgIpc) is 2.68. The number of carbonyl (C=O) groups excluding carboxylic acids is 1. The van der Waals surface area contributed by atoms with Gasteiger partial charge in [0.05, 0.1) is 34.9 Å². The molecule has 1 aliphatic rings. The van der Waals surface area contributed by atoms with Crippen LogP contribution >= 0.6 is 27.5 Å². The fourth-order valence-electron chi connectivity index (χ4n) is 2.91. The van der Waals surface area contributed by atoms with Gasteiger partial charge >= 0.3 is 5.97 Å². The van der Waals surface area contributed by atoms with Crippen LogP contribution in [0.3, 0.4) is 0 Å². The molecule has 0 bridgehead atoms. The molecule has 0 aliphatic carbocycles. The lowest BCUT2D eigenvalue weighted by atomic mass is 9.97. The molecule has 3 unspecified atom stereocenters. The first-order valence-electron chi connectivity index (χ1n) is 9.28. The summed E-state index contributed by atoms with van der Waals surface area (Å²) < 4.78 is 1.94. The number of benzene rings is 1. The predicted molar refractivity (Wildman–Crippen MR) is 115 cm³/mol. The summed E-state index contributed by atoms with van der Waals surface area (Å²) in [6, 6.07) is 2.97. The van der Waals surface area contributed by atoms with Crippen molar-refractivity contribution in [1.82, 2.24) is 14.9 Å². The van der Waals surface area contributed by atoms with Crippen molar-refractivity contribution in [3.63, 3.8) is 0 Å². The molecule has 1 aromatic carbocycles. The number of hydrogen-bond donors (Lipinski definition) is 4. The second-order valence-corrected chi connectivity index (χ2v) is 8.25. The third-order valence-electron chi connectivity index (χ3n) is 4.57. The fourth-order valence-corrected chi connectivity index (χ4v) is 3.40. The number of aliphatic hydroxyl groups is 2. The Morgan fingerprint density at radius 3 is 2.70 bits per heavy atom. The number of Topliss-reactive ketones (excluding diaryl/α,β-unsaturated/α-hetero) is 1. The molecule has 1 saturated heterocycles. The molecule has 0 radical (unpaired) electrons. The monoisotopic (exact) mass is 503 g/mol. The van der Waals surface area contributed by atoms with Crippen LogP contribution in [0.4, 0.5) is 0 Å². The van der Waals surface area contributed by atoms with Gasteiger partial charge in [0.1, 0.15) is 6.10 Å². The highest BCUT2D eigenvalue weighted by Gasteiger charge is 2.25. The molecule has 9 nitrogen and oxygen atoms in total. The first-order valence-corrected chi connectivity index (χ1v) is 10.5. The van der Waals surface area contributed by atoms with E-state index in [1.165, 1.54) is 17.8 Å². The second-order valence-electron chi connectivity index (χ2n) is 6.99. The maximum Gasteiger partial charge on any atom is 0.332 e. The van der Waals surface area contributed by atoms with Gasteiger partial charge in [-0.2, -0.15) is 0 Å². The Kier molecular flexibility index (Phi) is 8.92. The zero-order valence-corrected chi connectivity index (χ0v) is 18.6. The third kappa shape index (κ3) is 6.58. The van der Waals surface area contributed by atoms with Gasteiger partial charge in [-0.15, -0.1) is 0 Å². The van der Waals surface area contributed by atoms with E-state index >= 15 is 0 Å². The van der Waals surface area contributed by atoms with Crippen molar-refractivity contribution in [2.75, 3.05) is 6.54 Å². The molecule has 4 N–H and O–H groups in total. The summed E-state index contributed by atoms with van der Waals surface area (Å²) in [5, 5.41) is 29.6. The van der Waals surface area contributed by atoms with E-state index < -0.39 is 18.2 Å². The molecule has 1 fully saturated rings. The molecular formula is C19H23BrClN3O6. The quantitative estimate of drug-likeness (QED) is 0.478. The summed E-state index contributed by atoms with van der Waals surface area (Å²) in [6.45, 7) is 1.92. The van der Waals surface area contributed by atoms with E-state index in [-0.39, 0.29) is 30.3 Å². The number of nitrogens with zero attached hydrogens (tertiary/aromatic N) is 2. The number of nitrogens with one attached hydrogen (secondary N) is 1. The van der Waals surface area contributed by atoms with Crippen LogP contribution in [0.5, 0.6) is 0 Å². The number of aliphatic carboxylic acids is 1. The van der Waals surface area contributed by atoms with Crippen molar-refractivity contribution >= 4 is 50.2 Å². The Morgan fingerprint density at radius 2 is 2.10 bits per heavy atom. The zero-order valence-electron chi connectivity index (χ0n) is 16.2. The van der Waals surface area contributed by atoms with Gasteiger partial charge in [0.25, 0.3) is 5.56 Å². The van der Waals surface area contributed by atoms with Crippen molar-refractivity contribution < 1.29 is 24.9 Å². The number of hydrogen-bond acceptors (Lipinski definition) is 7. The number of piperidine rings is 1. The SMILES string of the molecule is CC(O)C(=O)O.O=C(CC1NCCCC1O)Cn1cnc2cc(Br)c(Cl)cc2c1=O. The van der Waals surface area contributed by atoms with Gasteiger partial charge < -0.3 is 20.6 Å². The van der Waals surface area contributed by atoms with Gasteiger partial charge in [0.15, 0.2) is 5.78 Å². The smallest absolute Gasteiger partial charge is 0.332 e. The number of aliphatic hydroxyl groups excluding tert-OH is 2. The van der Waals surface area contributed by atoms with E-state index in [4.69, 9.17) is 21.8 Å². The van der Waals surface area contributed by atoms with Crippen LogP contribution in [0.1, 0.15) is 26.2 Å². The number of carbonyl (C=O) groups is 2. The minimum absolute atomic E-state index is 0.0691. The molecule has 3 atom stereocenters. The first-order chi connectivity index (χ1) is 14.1. The van der Waals surface area contributed by atoms with Gasteiger partial charge in [-0.1, -0.05) is 11.6 Å². The predicted octanol–water partition coefficient (Wildman–Crippen LogP) is 1.34. The normalized spacial score (nSPS) is 19.6. The summed E-state index contributed by atoms with van der Waals surface area (Å²) in [4.78, 5) is 38.4. The van der Waals surface area contributed by atoms with E-state index in [1.54, 1.807) is 12.1 Å². The molecule has 30 heavy (non-hydrogen) atoms. The highest BCUT2D eigenvalue weighted by atomic mass is 79.9. The maximum atomic E-state index is 12.5. The summed E-state index contributed by atoms with van der Waals surface area (Å²) >= 11 is 9.33.